The van der Waals surface area contributed by atoms with Crippen LogP contribution in [0.1, 0.15) is 50.8 Å². The molecule has 2 rings (SSSR count). The number of anilines is 1. The summed E-state index contributed by atoms with van der Waals surface area (Å²) in [5.74, 6) is 0.647. The van der Waals surface area contributed by atoms with Gasteiger partial charge in [0.15, 0.2) is 0 Å². The van der Waals surface area contributed by atoms with E-state index in [0.29, 0.717) is 5.82 Å². The number of likely N-dealkylation sites (tertiary alicyclic amines) is 1. The van der Waals surface area contributed by atoms with Gasteiger partial charge < -0.3 is 11.1 Å². The lowest BCUT2D eigenvalue weighted by atomic mass is 9.86. The lowest BCUT2D eigenvalue weighted by Gasteiger charge is -2.43. The van der Waals surface area contributed by atoms with Crippen LogP contribution in [0, 0.1) is 6.92 Å². The summed E-state index contributed by atoms with van der Waals surface area (Å²) < 4.78 is 0. The van der Waals surface area contributed by atoms with E-state index < -0.39 is 0 Å². The molecular weight excluding hydrogens is 248 g/mol. The molecule has 1 aliphatic rings. The Labute approximate surface area is 122 Å². The van der Waals surface area contributed by atoms with Crippen LogP contribution >= 0.6 is 0 Å². The van der Waals surface area contributed by atoms with Crippen LogP contribution in [-0.4, -0.2) is 35.1 Å². The quantitative estimate of drug-likeness (QED) is 0.867. The van der Waals surface area contributed by atoms with Crippen molar-refractivity contribution in [1.82, 2.24) is 15.2 Å². The maximum atomic E-state index is 6.15. The Kier molecular flexibility index (Phi) is 4.66. The Balaban J connectivity index is 2.36. The zero-order chi connectivity index (χ0) is 14.8. The van der Waals surface area contributed by atoms with Gasteiger partial charge in [-0.15, -0.1) is 0 Å². The Bertz CT molecular complexity index is 450. The highest BCUT2D eigenvalue weighted by atomic mass is 15.2. The number of pyridine rings is 1. The highest BCUT2D eigenvalue weighted by molar-refractivity contribution is 5.44. The molecule has 4 heteroatoms. The number of nitrogens with one attached hydrogen (secondary N) is 1. The van der Waals surface area contributed by atoms with E-state index in [4.69, 9.17) is 5.73 Å². The van der Waals surface area contributed by atoms with Gasteiger partial charge in [0.05, 0.1) is 6.04 Å². The van der Waals surface area contributed by atoms with E-state index in [1.54, 1.807) is 0 Å². The van der Waals surface area contributed by atoms with Gasteiger partial charge in [0.25, 0.3) is 0 Å². The highest BCUT2D eigenvalue weighted by Gasteiger charge is 2.38. The number of rotatable bonds is 5. The summed E-state index contributed by atoms with van der Waals surface area (Å²) in [5.41, 5.74) is 8.47. The maximum absolute atomic E-state index is 6.15. The van der Waals surface area contributed by atoms with E-state index in [2.05, 4.69) is 49.0 Å². The summed E-state index contributed by atoms with van der Waals surface area (Å²) in [4.78, 5) is 6.91. The van der Waals surface area contributed by atoms with E-state index in [1.807, 2.05) is 6.20 Å². The normalized spacial score (nSPS) is 18.4. The Morgan fingerprint density at radius 1 is 1.40 bits per heavy atom. The van der Waals surface area contributed by atoms with Gasteiger partial charge in [-0.05, 0) is 64.9 Å². The standard InChI is InChI=1S/C16H28N4/c1-5-18-14(13-10-12(2)11-19-15(13)17)16(3,4)20-8-6-7-9-20/h10-11,14,18H,5-9H2,1-4H3,(H2,17,19). The molecule has 20 heavy (non-hydrogen) atoms. The lowest BCUT2D eigenvalue weighted by Crippen LogP contribution is -2.51. The minimum absolute atomic E-state index is 0.0378. The van der Waals surface area contributed by atoms with Crippen molar-refractivity contribution in [3.05, 3.63) is 23.4 Å². The number of likely N-dealkylation sites (N-methyl/N-ethyl adjacent to an activating group) is 1. The van der Waals surface area contributed by atoms with Gasteiger partial charge in [0, 0.05) is 17.3 Å². The van der Waals surface area contributed by atoms with E-state index in [9.17, 15) is 0 Å². The minimum Gasteiger partial charge on any atom is -0.383 e. The molecule has 1 atom stereocenters. The lowest BCUT2D eigenvalue weighted by molar-refractivity contribution is 0.108. The van der Waals surface area contributed by atoms with Crippen LogP contribution in [0.3, 0.4) is 0 Å². The minimum atomic E-state index is 0.0378. The van der Waals surface area contributed by atoms with E-state index in [-0.39, 0.29) is 11.6 Å². The molecule has 112 valence electrons. The molecule has 2 heterocycles. The number of hydrogen-bond acceptors (Lipinski definition) is 4. The Morgan fingerprint density at radius 2 is 2.05 bits per heavy atom. The van der Waals surface area contributed by atoms with Crippen LogP contribution in [0.15, 0.2) is 12.3 Å². The van der Waals surface area contributed by atoms with Crippen molar-refractivity contribution in [1.29, 1.82) is 0 Å². The monoisotopic (exact) mass is 276 g/mol. The van der Waals surface area contributed by atoms with Crippen molar-refractivity contribution < 1.29 is 0 Å². The molecule has 1 aliphatic heterocycles. The second-order valence-corrected chi connectivity index (χ2v) is 6.33. The molecule has 3 N–H and O–H groups in total. The van der Waals surface area contributed by atoms with Gasteiger partial charge in [0.1, 0.15) is 5.82 Å². The highest BCUT2D eigenvalue weighted by Crippen LogP contribution is 2.35. The second-order valence-electron chi connectivity index (χ2n) is 6.33. The number of nitrogens with two attached hydrogens (primary N) is 1. The van der Waals surface area contributed by atoms with Gasteiger partial charge >= 0.3 is 0 Å². The number of aromatic nitrogens is 1. The van der Waals surface area contributed by atoms with Crippen LogP contribution in [0.2, 0.25) is 0 Å². The van der Waals surface area contributed by atoms with Gasteiger partial charge in [-0.1, -0.05) is 6.92 Å². The van der Waals surface area contributed by atoms with Gasteiger partial charge in [-0.25, -0.2) is 4.98 Å². The third-order valence-corrected chi connectivity index (χ3v) is 4.43. The molecular formula is C16H28N4. The van der Waals surface area contributed by atoms with Crippen molar-refractivity contribution in [2.75, 3.05) is 25.4 Å². The smallest absolute Gasteiger partial charge is 0.128 e. The summed E-state index contributed by atoms with van der Waals surface area (Å²) in [6.45, 7) is 12.1. The molecule has 1 saturated heterocycles. The largest absolute Gasteiger partial charge is 0.383 e. The molecule has 0 bridgehead atoms. The second kappa shape index (κ2) is 6.10. The third-order valence-electron chi connectivity index (χ3n) is 4.43. The fourth-order valence-corrected chi connectivity index (χ4v) is 3.25. The van der Waals surface area contributed by atoms with Crippen molar-refractivity contribution in [2.24, 2.45) is 0 Å². The van der Waals surface area contributed by atoms with Gasteiger partial charge in [-0.2, -0.15) is 0 Å². The first-order valence-electron chi connectivity index (χ1n) is 7.67. The Morgan fingerprint density at radius 3 is 2.65 bits per heavy atom. The van der Waals surface area contributed by atoms with Gasteiger partial charge in [-0.3, -0.25) is 4.90 Å². The predicted molar refractivity (Wildman–Crippen MR) is 84.7 cm³/mol. The van der Waals surface area contributed by atoms with Crippen LogP contribution in [-0.2, 0) is 0 Å². The first kappa shape index (κ1) is 15.3. The molecule has 0 radical (unpaired) electrons. The molecule has 0 spiro atoms. The van der Waals surface area contributed by atoms with E-state index >= 15 is 0 Å². The molecule has 0 amide bonds. The van der Waals surface area contributed by atoms with Crippen molar-refractivity contribution in [3.63, 3.8) is 0 Å². The molecule has 1 fully saturated rings. The molecule has 1 unspecified atom stereocenters. The van der Waals surface area contributed by atoms with Crippen LogP contribution in [0.4, 0.5) is 5.82 Å². The fourth-order valence-electron chi connectivity index (χ4n) is 3.25. The first-order valence-corrected chi connectivity index (χ1v) is 7.67. The molecule has 0 aliphatic carbocycles. The number of nitrogen functional groups attached to an aromatic ring is 1. The number of nitrogens with zero attached hydrogens (tertiary/aromatic N) is 2. The number of aryl methyl sites for hydroxylation is 1. The van der Waals surface area contributed by atoms with Crippen molar-refractivity contribution >= 4 is 5.82 Å². The van der Waals surface area contributed by atoms with Gasteiger partial charge in [0.2, 0.25) is 0 Å². The van der Waals surface area contributed by atoms with E-state index in [1.165, 1.54) is 25.9 Å². The molecule has 0 saturated carbocycles. The number of hydrogen-bond donors (Lipinski definition) is 2. The maximum Gasteiger partial charge on any atom is 0.128 e. The molecule has 0 aromatic carbocycles. The van der Waals surface area contributed by atoms with Crippen LogP contribution in [0.5, 0.6) is 0 Å². The average molecular weight is 276 g/mol. The van der Waals surface area contributed by atoms with E-state index in [0.717, 1.165) is 17.7 Å². The molecule has 1 aromatic rings. The SMILES string of the molecule is CCNC(c1cc(C)cnc1N)C(C)(C)N1CCCC1. The van der Waals surface area contributed by atoms with Crippen molar-refractivity contribution in [3.8, 4) is 0 Å². The zero-order valence-corrected chi connectivity index (χ0v) is 13.2. The predicted octanol–water partition coefficient (Wildman–Crippen LogP) is 2.50. The summed E-state index contributed by atoms with van der Waals surface area (Å²) >= 11 is 0. The summed E-state index contributed by atoms with van der Waals surface area (Å²) in [6.07, 6.45) is 4.43. The third kappa shape index (κ3) is 2.96. The molecule has 1 aromatic heterocycles. The zero-order valence-electron chi connectivity index (χ0n) is 13.2. The first-order chi connectivity index (χ1) is 9.46. The fraction of sp³-hybridized carbons (Fsp3) is 0.688. The summed E-state index contributed by atoms with van der Waals surface area (Å²) in [7, 11) is 0. The van der Waals surface area contributed by atoms with Crippen LogP contribution in [0.25, 0.3) is 0 Å². The van der Waals surface area contributed by atoms with Crippen molar-refractivity contribution in [2.45, 2.75) is 52.1 Å². The summed E-state index contributed by atoms with van der Waals surface area (Å²) in [6, 6.07) is 2.38. The Hall–Kier alpha value is -1.13. The topological polar surface area (TPSA) is 54.2 Å². The molecule has 4 nitrogen and oxygen atoms in total. The van der Waals surface area contributed by atoms with Crippen LogP contribution < -0.4 is 11.1 Å². The summed E-state index contributed by atoms with van der Waals surface area (Å²) in [5, 5.41) is 3.62. The average Bonchev–Trinajstić information content (AvgIpc) is 2.93.